The molecule has 1 atom stereocenters. The van der Waals surface area contributed by atoms with Crippen LogP contribution in [0, 0.1) is 12.3 Å². The van der Waals surface area contributed by atoms with Gasteiger partial charge in [0.05, 0.1) is 28.7 Å². The minimum atomic E-state index is 0.133. The van der Waals surface area contributed by atoms with E-state index in [9.17, 15) is 0 Å². The molecule has 148 valence electrons. The van der Waals surface area contributed by atoms with Gasteiger partial charge in [0.2, 0.25) is 0 Å². The van der Waals surface area contributed by atoms with Crippen LogP contribution >= 0.6 is 0 Å². The normalized spacial score (nSPS) is 16.5. The smallest absolute Gasteiger partial charge is 0.145 e. The highest BCUT2D eigenvalue weighted by Crippen LogP contribution is 2.30. The van der Waals surface area contributed by atoms with Crippen molar-refractivity contribution in [2.24, 2.45) is 5.73 Å². The summed E-state index contributed by atoms with van der Waals surface area (Å²) in [7, 11) is 0. The molecule has 7 nitrogen and oxygen atoms in total. The minimum Gasteiger partial charge on any atom is -0.354 e. The Hall–Kier alpha value is -3.76. The second-order valence-electron chi connectivity index (χ2n) is 7.49. The zero-order valence-electron chi connectivity index (χ0n) is 16.4. The number of hydrogen-bond donors (Lipinski definition) is 2. The van der Waals surface area contributed by atoms with E-state index in [-0.39, 0.29) is 6.04 Å². The lowest BCUT2D eigenvalue weighted by atomic mass is 10.1. The minimum absolute atomic E-state index is 0.133. The molecule has 5 rings (SSSR count). The monoisotopic (exact) mass is 395 g/mol. The van der Waals surface area contributed by atoms with Crippen LogP contribution < -0.4 is 10.6 Å². The van der Waals surface area contributed by atoms with Gasteiger partial charge in [0.15, 0.2) is 0 Å². The summed E-state index contributed by atoms with van der Waals surface area (Å²) >= 11 is 0. The Labute approximate surface area is 174 Å². The van der Waals surface area contributed by atoms with Crippen molar-refractivity contribution in [3.63, 3.8) is 0 Å². The van der Waals surface area contributed by atoms with Crippen molar-refractivity contribution < 1.29 is 0 Å². The maximum absolute atomic E-state index is 6.18. The number of piperidine rings is 1. The molecule has 0 aromatic carbocycles. The van der Waals surface area contributed by atoms with Gasteiger partial charge in [0, 0.05) is 42.5 Å². The molecule has 0 saturated carbocycles. The number of terminal acetylenes is 1. The van der Waals surface area contributed by atoms with Gasteiger partial charge in [-0.2, -0.15) is 5.10 Å². The highest BCUT2D eigenvalue weighted by molar-refractivity contribution is 5.93. The van der Waals surface area contributed by atoms with Crippen LogP contribution in [0.15, 0.2) is 48.9 Å². The van der Waals surface area contributed by atoms with Crippen molar-refractivity contribution in [2.75, 3.05) is 18.0 Å². The molecule has 4 aromatic rings. The molecular weight excluding hydrogens is 374 g/mol. The molecule has 4 aromatic heterocycles. The number of rotatable bonds is 3. The topological polar surface area (TPSA) is 96.6 Å². The molecule has 1 aliphatic rings. The molecule has 5 heterocycles. The predicted molar refractivity (Wildman–Crippen MR) is 118 cm³/mol. The molecule has 1 saturated heterocycles. The molecule has 30 heavy (non-hydrogen) atoms. The Kier molecular flexibility index (Phi) is 4.62. The number of nitrogens with two attached hydrogens (primary N) is 1. The predicted octanol–water partition coefficient (Wildman–Crippen LogP) is 2.99. The van der Waals surface area contributed by atoms with Crippen molar-refractivity contribution in [3.8, 4) is 35.0 Å². The fourth-order valence-electron chi connectivity index (χ4n) is 3.92. The molecule has 3 N–H and O–H groups in total. The van der Waals surface area contributed by atoms with Gasteiger partial charge in [-0.15, -0.1) is 6.42 Å². The number of fused-ring (bicyclic) bond motifs is 1. The fourth-order valence-corrected chi connectivity index (χ4v) is 3.92. The third kappa shape index (κ3) is 3.27. The van der Waals surface area contributed by atoms with E-state index >= 15 is 0 Å². The molecule has 0 bridgehead atoms. The molecule has 1 fully saturated rings. The Morgan fingerprint density at radius 1 is 1.20 bits per heavy atom. The van der Waals surface area contributed by atoms with Crippen LogP contribution in [0.3, 0.4) is 0 Å². The zero-order valence-corrected chi connectivity index (χ0v) is 16.4. The SMILES string of the molecule is C#Cc1ccc(-c2n[nH]c3cnc(-c4cccnc4)cc23)nc1N1CCC[C@H](N)C1. The summed E-state index contributed by atoms with van der Waals surface area (Å²) in [5.74, 6) is 3.55. The van der Waals surface area contributed by atoms with E-state index in [4.69, 9.17) is 17.1 Å². The summed E-state index contributed by atoms with van der Waals surface area (Å²) in [6.45, 7) is 1.65. The summed E-state index contributed by atoms with van der Waals surface area (Å²) in [4.78, 5) is 15.8. The van der Waals surface area contributed by atoms with E-state index in [2.05, 4.69) is 31.0 Å². The van der Waals surface area contributed by atoms with E-state index < -0.39 is 0 Å². The fraction of sp³-hybridized carbons (Fsp3) is 0.217. The number of pyridine rings is 3. The van der Waals surface area contributed by atoms with Gasteiger partial charge in [-0.25, -0.2) is 4.98 Å². The van der Waals surface area contributed by atoms with Gasteiger partial charge in [0.25, 0.3) is 0 Å². The zero-order chi connectivity index (χ0) is 20.5. The number of H-pyrrole nitrogens is 1. The van der Waals surface area contributed by atoms with Gasteiger partial charge in [0.1, 0.15) is 11.5 Å². The Balaban J connectivity index is 1.60. The highest BCUT2D eigenvalue weighted by atomic mass is 15.2. The van der Waals surface area contributed by atoms with Crippen molar-refractivity contribution in [1.82, 2.24) is 25.1 Å². The summed E-state index contributed by atoms with van der Waals surface area (Å²) in [5, 5.41) is 8.53. The average molecular weight is 395 g/mol. The molecule has 0 unspecified atom stereocenters. The van der Waals surface area contributed by atoms with Crippen LogP contribution in [0.2, 0.25) is 0 Å². The van der Waals surface area contributed by atoms with Crippen LogP contribution in [-0.4, -0.2) is 44.3 Å². The third-order valence-electron chi connectivity index (χ3n) is 5.44. The number of aromatic amines is 1. The molecule has 7 heteroatoms. The second-order valence-corrected chi connectivity index (χ2v) is 7.49. The molecule has 1 aliphatic heterocycles. The van der Waals surface area contributed by atoms with E-state index in [0.717, 1.165) is 70.9 Å². The standard InChI is InChI=1S/C23H21N7/c1-2-15-7-8-19(27-23(15)30-10-4-6-17(24)14-30)22-18-11-20(16-5-3-9-25-12-16)26-13-21(18)28-29-22/h1,3,5,7-9,11-13,17H,4,6,10,14,24H2,(H,28,29)/t17-/m0/s1. The number of nitrogens with zero attached hydrogens (tertiary/aromatic N) is 5. The first-order chi connectivity index (χ1) is 14.7. The first-order valence-electron chi connectivity index (χ1n) is 9.96. The summed E-state index contributed by atoms with van der Waals surface area (Å²) in [6.07, 6.45) is 13.1. The summed E-state index contributed by atoms with van der Waals surface area (Å²) in [6, 6.07) is 9.88. The lowest BCUT2D eigenvalue weighted by Crippen LogP contribution is -2.43. The van der Waals surface area contributed by atoms with E-state index in [0.29, 0.717) is 0 Å². The lowest BCUT2D eigenvalue weighted by Gasteiger charge is -2.32. The van der Waals surface area contributed by atoms with Gasteiger partial charge < -0.3 is 10.6 Å². The quantitative estimate of drug-likeness (QED) is 0.518. The summed E-state index contributed by atoms with van der Waals surface area (Å²) < 4.78 is 0. The Bertz CT molecular complexity index is 1240. The molecule has 0 amide bonds. The van der Waals surface area contributed by atoms with Crippen LogP contribution in [0.1, 0.15) is 18.4 Å². The lowest BCUT2D eigenvalue weighted by molar-refractivity contribution is 0.503. The maximum atomic E-state index is 6.18. The van der Waals surface area contributed by atoms with E-state index in [1.54, 1.807) is 18.6 Å². The Morgan fingerprint density at radius 2 is 2.13 bits per heavy atom. The van der Waals surface area contributed by atoms with E-state index in [1.807, 2.05) is 30.3 Å². The van der Waals surface area contributed by atoms with Gasteiger partial charge in [-0.1, -0.05) is 5.92 Å². The number of hydrogen-bond acceptors (Lipinski definition) is 6. The van der Waals surface area contributed by atoms with Crippen molar-refractivity contribution in [3.05, 3.63) is 54.5 Å². The van der Waals surface area contributed by atoms with Crippen LogP contribution in [0.5, 0.6) is 0 Å². The molecular formula is C23H21N7. The van der Waals surface area contributed by atoms with Crippen molar-refractivity contribution in [2.45, 2.75) is 18.9 Å². The number of nitrogens with one attached hydrogen (secondary N) is 1. The average Bonchev–Trinajstić information content (AvgIpc) is 3.22. The number of aromatic nitrogens is 5. The van der Waals surface area contributed by atoms with Crippen LogP contribution in [-0.2, 0) is 0 Å². The van der Waals surface area contributed by atoms with Gasteiger partial charge in [-0.3, -0.25) is 15.1 Å². The summed E-state index contributed by atoms with van der Waals surface area (Å²) in [5.41, 5.74) is 11.1. The third-order valence-corrected chi connectivity index (χ3v) is 5.44. The van der Waals surface area contributed by atoms with Crippen molar-refractivity contribution in [1.29, 1.82) is 0 Å². The van der Waals surface area contributed by atoms with Crippen LogP contribution in [0.25, 0.3) is 33.5 Å². The van der Waals surface area contributed by atoms with Crippen LogP contribution in [0.4, 0.5) is 5.82 Å². The number of anilines is 1. The van der Waals surface area contributed by atoms with Gasteiger partial charge in [-0.05, 0) is 43.2 Å². The molecule has 0 aliphatic carbocycles. The van der Waals surface area contributed by atoms with Crippen molar-refractivity contribution >= 4 is 16.7 Å². The Morgan fingerprint density at radius 3 is 2.93 bits per heavy atom. The second kappa shape index (κ2) is 7.58. The molecule has 0 spiro atoms. The van der Waals surface area contributed by atoms with Gasteiger partial charge >= 0.3 is 0 Å². The van der Waals surface area contributed by atoms with E-state index in [1.165, 1.54) is 0 Å². The largest absolute Gasteiger partial charge is 0.354 e. The maximum Gasteiger partial charge on any atom is 0.145 e. The highest BCUT2D eigenvalue weighted by Gasteiger charge is 2.21. The first kappa shape index (κ1) is 18.3. The first-order valence-corrected chi connectivity index (χ1v) is 9.96. The molecule has 0 radical (unpaired) electrons.